The molecule has 134 valence electrons. The number of hydrogen-bond donors (Lipinski definition) is 1. The average molecular weight is 374 g/mol. The summed E-state index contributed by atoms with van der Waals surface area (Å²) in [5.74, 6) is 0. The first-order chi connectivity index (χ1) is 12.4. The summed E-state index contributed by atoms with van der Waals surface area (Å²) in [6.45, 7) is 2.43. The first kappa shape index (κ1) is 18.2. The second kappa shape index (κ2) is 7.33. The number of hydrogen-bond acceptors (Lipinski definition) is 1. The zero-order valence-electron chi connectivity index (χ0n) is 14.0. The third-order valence-corrected chi connectivity index (χ3v) is 4.42. The Morgan fingerprint density at radius 3 is 2.35 bits per heavy atom. The third kappa shape index (κ3) is 3.65. The van der Waals surface area contributed by atoms with E-state index in [0.29, 0.717) is 6.54 Å². The minimum absolute atomic E-state index is 0.0521. The first-order valence-electron chi connectivity index (χ1n) is 8.14. The molecule has 1 N–H and O–H groups in total. The molecule has 0 saturated carbocycles. The summed E-state index contributed by atoms with van der Waals surface area (Å²) in [4.78, 5) is 1.80. The fourth-order valence-corrected chi connectivity index (χ4v) is 3.23. The van der Waals surface area contributed by atoms with Gasteiger partial charge in [-0.2, -0.15) is 13.2 Å². The van der Waals surface area contributed by atoms with Crippen molar-refractivity contribution in [3.8, 4) is 0 Å². The number of para-hydroxylation sites is 1. The van der Waals surface area contributed by atoms with Crippen LogP contribution in [0.25, 0.3) is 10.8 Å². The summed E-state index contributed by atoms with van der Waals surface area (Å²) in [7, 11) is 0. The molecule has 3 rings (SSSR count). The Labute approximate surface area is 155 Å². The Kier molecular flexibility index (Phi) is 5.13. The van der Waals surface area contributed by atoms with Gasteiger partial charge in [0.1, 0.15) is 0 Å². The summed E-state index contributed by atoms with van der Waals surface area (Å²) in [5, 5.41) is 5.03. The van der Waals surface area contributed by atoms with Crippen LogP contribution in [0.4, 0.5) is 24.5 Å². The number of benzene rings is 3. The SMILES string of the molecule is CCN(C(=S)Nc1ccccc1C(F)(F)F)c1cccc2ccccc12. The highest BCUT2D eigenvalue weighted by Gasteiger charge is 2.33. The van der Waals surface area contributed by atoms with Crippen molar-refractivity contribution in [1.82, 2.24) is 0 Å². The lowest BCUT2D eigenvalue weighted by atomic mass is 10.1. The lowest BCUT2D eigenvalue weighted by Gasteiger charge is -2.26. The Balaban J connectivity index is 1.96. The highest BCUT2D eigenvalue weighted by Crippen LogP contribution is 2.35. The van der Waals surface area contributed by atoms with Crippen molar-refractivity contribution in [2.24, 2.45) is 0 Å². The van der Waals surface area contributed by atoms with Crippen molar-refractivity contribution in [2.45, 2.75) is 13.1 Å². The van der Waals surface area contributed by atoms with Crippen LogP contribution in [0, 0.1) is 0 Å². The molecule has 0 aliphatic heterocycles. The van der Waals surface area contributed by atoms with Crippen LogP contribution < -0.4 is 10.2 Å². The Hall–Kier alpha value is -2.60. The molecule has 6 heteroatoms. The fourth-order valence-electron chi connectivity index (χ4n) is 2.89. The highest BCUT2D eigenvalue weighted by atomic mass is 32.1. The largest absolute Gasteiger partial charge is 0.418 e. The van der Waals surface area contributed by atoms with E-state index in [4.69, 9.17) is 12.2 Å². The lowest BCUT2D eigenvalue weighted by molar-refractivity contribution is -0.136. The van der Waals surface area contributed by atoms with E-state index < -0.39 is 11.7 Å². The molecule has 26 heavy (non-hydrogen) atoms. The minimum atomic E-state index is -4.45. The van der Waals surface area contributed by atoms with E-state index >= 15 is 0 Å². The maximum absolute atomic E-state index is 13.2. The maximum atomic E-state index is 13.2. The lowest BCUT2D eigenvalue weighted by Crippen LogP contribution is -2.35. The highest BCUT2D eigenvalue weighted by molar-refractivity contribution is 7.80. The second-order valence-electron chi connectivity index (χ2n) is 5.72. The summed E-state index contributed by atoms with van der Waals surface area (Å²) in [6.07, 6.45) is -4.45. The van der Waals surface area contributed by atoms with Crippen molar-refractivity contribution in [3.63, 3.8) is 0 Å². The molecule has 0 atom stereocenters. The molecule has 0 aliphatic carbocycles. The van der Waals surface area contributed by atoms with Crippen molar-refractivity contribution < 1.29 is 13.2 Å². The van der Waals surface area contributed by atoms with Crippen LogP contribution in [0.2, 0.25) is 0 Å². The van der Waals surface area contributed by atoms with E-state index in [9.17, 15) is 13.2 Å². The number of alkyl halides is 3. The standard InChI is InChI=1S/C20H17F3N2S/c1-2-25(18-13-7-9-14-8-3-4-10-15(14)18)19(26)24-17-12-6-5-11-16(17)20(21,22)23/h3-13H,2H2,1H3,(H,24,26). The van der Waals surface area contributed by atoms with Gasteiger partial charge in [0.15, 0.2) is 5.11 Å². The fraction of sp³-hybridized carbons (Fsp3) is 0.150. The number of anilines is 2. The molecule has 0 radical (unpaired) electrons. The van der Waals surface area contributed by atoms with Gasteiger partial charge >= 0.3 is 6.18 Å². The maximum Gasteiger partial charge on any atom is 0.418 e. The monoisotopic (exact) mass is 374 g/mol. The average Bonchev–Trinajstić information content (AvgIpc) is 2.62. The van der Waals surface area contributed by atoms with Gasteiger partial charge in [0.05, 0.1) is 16.9 Å². The van der Waals surface area contributed by atoms with Crippen molar-refractivity contribution in [3.05, 3.63) is 72.3 Å². The number of fused-ring (bicyclic) bond motifs is 1. The predicted octanol–water partition coefficient (Wildman–Crippen LogP) is 6.08. The molecule has 3 aromatic rings. The molecule has 0 fully saturated rings. The van der Waals surface area contributed by atoms with Gasteiger partial charge in [-0.05, 0) is 42.7 Å². The molecule has 0 aliphatic rings. The molecular formula is C20H17F3N2S. The van der Waals surface area contributed by atoms with Crippen molar-refractivity contribution in [1.29, 1.82) is 0 Å². The normalized spacial score (nSPS) is 11.4. The molecule has 0 unspecified atom stereocenters. The van der Waals surface area contributed by atoms with Crippen LogP contribution in [0.5, 0.6) is 0 Å². The van der Waals surface area contributed by atoms with Crippen LogP contribution in [0.15, 0.2) is 66.7 Å². The summed E-state index contributed by atoms with van der Waals surface area (Å²) >= 11 is 5.43. The van der Waals surface area contributed by atoms with E-state index in [2.05, 4.69) is 5.32 Å². The van der Waals surface area contributed by atoms with E-state index in [0.717, 1.165) is 22.5 Å². The zero-order chi connectivity index (χ0) is 18.7. The zero-order valence-corrected chi connectivity index (χ0v) is 14.9. The first-order valence-corrected chi connectivity index (χ1v) is 8.55. The quantitative estimate of drug-likeness (QED) is 0.559. The van der Waals surface area contributed by atoms with Gasteiger partial charge in [0, 0.05) is 11.9 Å². The minimum Gasteiger partial charge on any atom is -0.332 e. The van der Waals surface area contributed by atoms with Crippen LogP contribution in [0.3, 0.4) is 0 Å². The molecule has 0 spiro atoms. The van der Waals surface area contributed by atoms with E-state index in [1.54, 1.807) is 11.0 Å². The second-order valence-corrected chi connectivity index (χ2v) is 6.10. The Bertz CT molecular complexity index is 932. The van der Waals surface area contributed by atoms with Crippen molar-refractivity contribution >= 4 is 39.5 Å². The van der Waals surface area contributed by atoms with E-state index in [1.165, 1.54) is 12.1 Å². The molecule has 2 nitrogen and oxygen atoms in total. The Morgan fingerprint density at radius 2 is 1.62 bits per heavy atom. The molecular weight excluding hydrogens is 357 g/mol. The number of nitrogens with one attached hydrogen (secondary N) is 1. The van der Waals surface area contributed by atoms with Crippen LogP contribution in [0.1, 0.15) is 12.5 Å². The van der Waals surface area contributed by atoms with E-state index in [1.807, 2.05) is 49.4 Å². The number of nitrogens with zero attached hydrogens (tertiary/aromatic N) is 1. The van der Waals surface area contributed by atoms with Gasteiger partial charge in [0.25, 0.3) is 0 Å². The van der Waals surface area contributed by atoms with Crippen LogP contribution in [-0.4, -0.2) is 11.7 Å². The van der Waals surface area contributed by atoms with Crippen LogP contribution in [-0.2, 0) is 6.18 Å². The molecule has 0 amide bonds. The molecule has 0 aromatic heterocycles. The number of rotatable bonds is 3. The smallest absolute Gasteiger partial charge is 0.332 e. The number of halogens is 3. The molecule has 3 aromatic carbocycles. The van der Waals surface area contributed by atoms with Gasteiger partial charge in [-0.3, -0.25) is 0 Å². The number of thiocarbonyl (C=S) groups is 1. The molecule has 0 bridgehead atoms. The van der Waals surface area contributed by atoms with Gasteiger partial charge < -0.3 is 10.2 Å². The topological polar surface area (TPSA) is 15.3 Å². The summed E-state index contributed by atoms with van der Waals surface area (Å²) in [5.41, 5.74) is 0.0626. The predicted molar refractivity (Wildman–Crippen MR) is 105 cm³/mol. The molecule has 0 saturated heterocycles. The Morgan fingerprint density at radius 1 is 0.962 bits per heavy atom. The van der Waals surface area contributed by atoms with Gasteiger partial charge in [0.2, 0.25) is 0 Å². The van der Waals surface area contributed by atoms with Crippen molar-refractivity contribution in [2.75, 3.05) is 16.8 Å². The van der Waals surface area contributed by atoms with Gasteiger partial charge in [-0.25, -0.2) is 0 Å². The summed E-state index contributed by atoms with van der Waals surface area (Å²) < 4.78 is 39.6. The van der Waals surface area contributed by atoms with Gasteiger partial charge in [-0.15, -0.1) is 0 Å². The van der Waals surface area contributed by atoms with Crippen LogP contribution >= 0.6 is 12.2 Å². The van der Waals surface area contributed by atoms with Gasteiger partial charge in [-0.1, -0.05) is 48.5 Å². The summed E-state index contributed by atoms with van der Waals surface area (Å²) in [6, 6.07) is 19.0. The third-order valence-electron chi connectivity index (χ3n) is 4.09. The van der Waals surface area contributed by atoms with E-state index in [-0.39, 0.29) is 10.8 Å². The molecule has 0 heterocycles.